The van der Waals surface area contributed by atoms with Crippen molar-refractivity contribution in [2.75, 3.05) is 44.2 Å². The summed E-state index contributed by atoms with van der Waals surface area (Å²) in [6.45, 7) is 6.73. The summed E-state index contributed by atoms with van der Waals surface area (Å²) in [4.78, 5) is 33.1. The molecule has 3 aliphatic rings. The van der Waals surface area contributed by atoms with E-state index in [1.54, 1.807) is 11.8 Å². The number of thioether (sulfide) groups is 1. The van der Waals surface area contributed by atoms with Gasteiger partial charge in [-0.05, 0) is 24.5 Å². The van der Waals surface area contributed by atoms with Gasteiger partial charge < -0.3 is 14.7 Å². The molecule has 1 aromatic carbocycles. The molecular formula is C20H22N6OS. The quantitative estimate of drug-likeness (QED) is 0.796. The molecular weight excluding hydrogens is 372 g/mol. The summed E-state index contributed by atoms with van der Waals surface area (Å²) >= 11 is 1.63. The molecule has 4 heterocycles. The molecule has 1 fully saturated rings. The van der Waals surface area contributed by atoms with Gasteiger partial charge in [0, 0.05) is 38.4 Å². The molecule has 0 saturated carbocycles. The van der Waals surface area contributed by atoms with Gasteiger partial charge in [0.2, 0.25) is 5.91 Å². The number of fused-ring (bicyclic) bond motifs is 2. The molecule has 0 atom stereocenters. The highest BCUT2D eigenvalue weighted by atomic mass is 32.2. The van der Waals surface area contributed by atoms with Gasteiger partial charge in [0.05, 0.1) is 29.7 Å². The molecule has 0 unspecified atom stereocenters. The first kappa shape index (κ1) is 17.5. The Bertz CT molecular complexity index is 995. The summed E-state index contributed by atoms with van der Waals surface area (Å²) in [7, 11) is 0. The van der Waals surface area contributed by atoms with Crippen molar-refractivity contribution in [2.24, 2.45) is 4.99 Å². The van der Waals surface area contributed by atoms with Gasteiger partial charge in [-0.2, -0.15) is 0 Å². The predicted molar refractivity (Wildman–Crippen MR) is 112 cm³/mol. The molecule has 0 N–H and O–H groups in total. The summed E-state index contributed by atoms with van der Waals surface area (Å²) in [5.41, 5.74) is 3.86. The summed E-state index contributed by atoms with van der Waals surface area (Å²) in [6, 6.07) is 7.95. The van der Waals surface area contributed by atoms with Crippen LogP contribution in [0.25, 0.3) is 11.0 Å². The first-order valence-electron chi connectivity index (χ1n) is 9.63. The average molecular weight is 395 g/mol. The number of benzene rings is 1. The Kier molecular flexibility index (Phi) is 4.43. The van der Waals surface area contributed by atoms with E-state index in [2.05, 4.69) is 20.2 Å². The van der Waals surface area contributed by atoms with Crippen LogP contribution in [0.3, 0.4) is 0 Å². The maximum absolute atomic E-state index is 12.8. The monoisotopic (exact) mass is 394 g/mol. The lowest BCUT2D eigenvalue weighted by molar-refractivity contribution is -0.130. The minimum Gasteiger partial charge on any atom is -0.352 e. The van der Waals surface area contributed by atoms with E-state index in [4.69, 9.17) is 9.97 Å². The third-order valence-corrected chi connectivity index (χ3v) is 6.38. The molecule has 28 heavy (non-hydrogen) atoms. The number of aromatic nitrogens is 2. The summed E-state index contributed by atoms with van der Waals surface area (Å²) in [6.07, 6.45) is 0.459. The van der Waals surface area contributed by atoms with E-state index in [9.17, 15) is 4.79 Å². The van der Waals surface area contributed by atoms with Gasteiger partial charge in [-0.1, -0.05) is 23.9 Å². The van der Waals surface area contributed by atoms with Gasteiger partial charge in [-0.15, -0.1) is 0 Å². The molecule has 3 aliphatic heterocycles. The Labute approximate surface area is 168 Å². The number of aryl methyl sites for hydroxylation is 1. The van der Waals surface area contributed by atoms with E-state index in [0.717, 1.165) is 59.6 Å². The van der Waals surface area contributed by atoms with Crippen LogP contribution in [-0.4, -0.2) is 70.1 Å². The molecule has 0 spiro atoms. The number of carbonyl (C=O) groups excluding carboxylic acids is 1. The van der Waals surface area contributed by atoms with Crippen molar-refractivity contribution in [3.05, 3.63) is 41.1 Å². The molecule has 1 saturated heterocycles. The second-order valence-corrected chi connectivity index (χ2v) is 8.05. The molecule has 7 nitrogen and oxygen atoms in total. The van der Waals surface area contributed by atoms with Gasteiger partial charge in [-0.3, -0.25) is 9.79 Å². The van der Waals surface area contributed by atoms with Crippen LogP contribution in [0.2, 0.25) is 0 Å². The lowest BCUT2D eigenvalue weighted by Gasteiger charge is -2.36. The van der Waals surface area contributed by atoms with Crippen LogP contribution in [-0.2, 0) is 4.79 Å². The molecule has 8 heteroatoms. The average Bonchev–Trinajstić information content (AvgIpc) is 3.33. The van der Waals surface area contributed by atoms with Gasteiger partial charge in [0.25, 0.3) is 0 Å². The summed E-state index contributed by atoms with van der Waals surface area (Å²) in [5, 5.41) is 3.11. The molecule has 5 rings (SSSR count). The smallest absolute Gasteiger partial charge is 0.228 e. The molecule has 0 aliphatic carbocycles. The Hall–Kier alpha value is -2.61. The van der Waals surface area contributed by atoms with Gasteiger partial charge in [0.1, 0.15) is 0 Å². The largest absolute Gasteiger partial charge is 0.352 e. The Morgan fingerprint density at radius 3 is 2.61 bits per heavy atom. The maximum Gasteiger partial charge on any atom is 0.228 e. The van der Waals surface area contributed by atoms with E-state index in [-0.39, 0.29) is 5.91 Å². The lowest BCUT2D eigenvalue weighted by atomic mass is 10.2. The highest BCUT2D eigenvalue weighted by molar-refractivity contribution is 8.16. The fraction of sp³-hybridized carbons (Fsp3) is 0.400. The zero-order valence-electron chi connectivity index (χ0n) is 15.8. The Morgan fingerprint density at radius 1 is 1.07 bits per heavy atom. The van der Waals surface area contributed by atoms with E-state index in [1.165, 1.54) is 0 Å². The molecule has 2 aromatic rings. The fourth-order valence-electron chi connectivity index (χ4n) is 3.93. The van der Waals surface area contributed by atoms with Crippen LogP contribution >= 0.6 is 11.8 Å². The standard InChI is InChI=1S/C20H22N6OS/c1-14-19(23-17-5-3-2-4-16(17)22-14)25-10-8-24(9-11-25)18(27)12-15-13-28-20-21-6-7-26(15)20/h2-5,13H,6-12H2,1H3. The number of aliphatic imine (C=N–C) groups is 1. The predicted octanol–water partition coefficient (Wildman–Crippen LogP) is 2.24. The number of amides is 1. The van der Waals surface area contributed by atoms with Crippen LogP contribution < -0.4 is 4.90 Å². The number of rotatable bonds is 3. The second-order valence-electron chi connectivity index (χ2n) is 7.21. The van der Waals surface area contributed by atoms with E-state index in [0.29, 0.717) is 19.5 Å². The van der Waals surface area contributed by atoms with Crippen molar-refractivity contribution in [3.8, 4) is 0 Å². The third-order valence-electron chi connectivity index (χ3n) is 5.43. The van der Waals surface area contributed by atoms with Crippen molar-refractivity contribution < 1.29 is 4.79 Å². The number of amidine groups is 1. The fourth-order valence-corrected chi connectivity index (χ4v) is 4.88. The zero-order valence-corrected chi connectivity index (χ0v) is 16.7. The summed E-state index contributed by atoms with van der Waals surface area (Å²) in [5.74, 6) is 1.12. The van der Waals surface area contributed by atoms with Crippen molar-refractivity contribution in [1.82, 2.24) is 19.8 Å². The molecule has 1 amide bonds. The van der Waals surface area contributed by atoms with E-state index < -0.39 is 0 Å². The number of nitrogens with zero attached hydrogens (tertiary/aromatic N) is 6. The van der Waals surface area contributed by atoms with Crippen LogP contribution in [0.5, 0.6) is 0 Å². The molecule has 0 bridgehead atoms. The normalized spacial score (nSPS) is 19.1. The van der Waals surface area contributed by atoms with Crippen LogP contribution in [0.15, 0.2) is 40.4 Å². The molecule has 144 valence electrons. The first-order chi connectivity index (χ1) is 13.7. The van der Waals surface area contributed by atoms with Crippen LogP contribution in [0.4, 0.5) is 5.82 Å². The highest BCUT2D eigenvalue weighted by Crippen LogP contribution is 2.31. The molecule has 1 aromatic heterocycles. The second kappa shape index (κ2) is 7.09. The van der Waals surface area contributed by atoms with Gasteiger partial charge in [0.15, 0.2) is 11.0 Å². The van der Waals surface area contributed by atoms with Crippen molar-refractivity contribution in [3.63, 3.8) is 0 Å². The van der Waals surface area contributed by atoms with Crippen molar-refractivity contribution in [2.45, 2.75) is 13.3 Å². The van der Waals surface area contributed by atoms with Crippen molar-refractivity contribution >= 4 is 39.7 Å². The lowest BCUT2D eigenvalue weighted by Crippen LogP contribution is -2.49. The minimum atomic E-state index is 0.195. The third kappa shape index (κ3) is 3.11. The molecule has 0 radical (unpaired) electrons. The maximum atomic E-state index is 12.8. The van der Waals surface area contributed by atoms with Gasteiger partial charge >= 0.3 is 0 Å². The van der Waals surface area contributed by atoms with Crippen molar-refractivity contribution in [1.29, 1.82) is 0 Å². The SMILES string of the molecule is Cc1nc2ccccc2nc1N1CCN(C(=O)CC2=CSC3=NCCN23)CC1. The number of anilines is 1. The number of hydrogen-bond acceptors (Lipinski definition) is 7. The van der Waals surface area contributed by atoms with Crippen LogP contribution in [0, 0.1) is 6.92 Å². The minimum absolute atomic E-state index is 0.195. The van der Waals surface area contributed by atoms with Crippen LogP contribution in [0.1, 0.15) is 12.1 Å². The first-order valence-corrected chi connectivity index (χ1v) is 10.5. The highest BCUT2D eigenvalue weighted by Gasteiger charge is 2.30. The van der Waals surface area contributed by atoms with Gasteiger partial charge in [-0.25, -0.2) is 9.97 Å². The van der Waals surface area contributed by atoms with E-state index in [1.807, 2.05) is 36.1 Å². The Morgan fingerprint density at radius 2 is 1.82 bits per heavy atom. The zero-order chi connectivity index (χ0) is 19.1. The number of piperazine rings is 1. The number of para-hydroxylation sites is 2. The number of hydrogen-bond donors (Lipinski definition) is 0. The Balaban J connectivity index is 1.23. The topological polar surface area (TPSA) is 64.9 Å². The van der Waals surface area contributed by atoms with E-state index >= 15 is 0 Å². The number of carbonyl (C=O) groups is 1. The summed E-state index contributed by atoms with van der Waals surface area (Å²) < 4.78 is 0.